The third kappa shape index (κ3) is 3.50. The number of hydrogen-bond acceptors (Lipinski definition) is 7. The van der Waals surface area contributed by atoms with Crippen molar-refractivity contribution in [2.45, 2.75) is 33.2 Å². The van der Waals surface area contributed by atoms with E-state index in [0.717, 1.165) is 23.5 Å². The zero-order valence-electron chi connectivity index (χ0n) is 13.3. The van der Waals surface area contributed by atoms with Crippen LogP contribution in [0.5, 0.6) is 0 Å². The van der Waals surface area contributed by atoms with Gasteiger partial charge in [-0.1, -0.05) is 12.1 Å². The largest absolute Gasteiger partial charge is 0.360 e. The van der Waals surface area contributed by atoms with E-state index in [9.17, 15) is 0 Å². The Morgan fingerprint density at radius 1 is 1.22 bits per heavy atom. The van der Waals surface area contributed by atoms with E-state index in [1.165, 1.54) is 0 Å². The summed E-state index contributed by atoms with van der Waals surface area (Å²) in [5.74, 6) is 2.55. The first-order valence-corrected chi connectivity index (χ1v) is 7.48. The van der Waals surface area contributed by atoms with Crippen molar-refractivity contribution in [3.8, 4) is 11.4 Å². The third-order valence-corrected chi connectivity index (χ3v) is 3.36. The Kier molecular flexibility index (Phi) is 4.27. The van der Waals surface area contributed by atoms with Gasteiger partial charge < -0.3 is 9.84 Å². The molecule has 3 aromatic heterocycles. The Morgan fingerprint density at radius 2 is 2.09 bits per heavy atom. The minimum absolute atomic E-state index is 0.0662. The zero-order chi connectivity index (χ0) is 16.2. The van der Waals surface area contributed by atoms with Gasteiger partial charge in [0.05, 0.1) is 6.04 Å². The maximum Gasteiger partial charge on any atom is 0.223 e. The van der Waals surface area contributed by atoms with Gasteiger partial charge in [0, 0.05) is 36.6 Å². The molecule has 0 fully saturated rings. The van der Waals surface area contributed by atoms with Gasteiger partial charge in [0.2, 0.25) is 5.89 Å². The fraction of sp³-hybridized carbons (Fsp3) is 0.312. The van der Waals surface area contributed by atoms with E-state index in [1.54, 1.807) is 19.3 Å². The molecule has 7 nitrogen and oxygen atoms in total. The standard InChI is InChI=1S/C16H18N6O/c1-4-13(16-19-11(3)23-22-16)20-14-8-10(2)18-15(21-14)12-6-5-7-17-9-12/h5-9,13H,4H2,1-3H3,(H,18,20,21). The molecule has 118 valence electrons. The number of pyridine rings is 1. The predicted molar refractivity (Wildman–Crippen MR) is 85.7 cm³/mol. The lowest BCUT2D eigenvalue weighted by molar-refractivity contribution is 0.384. The molecule has 0 saturated heterocycles. The molecule has 0 amide bonds. The second-order valence-electron chi connectivity index (χ2n) is 5.24. The highest BCUT2D eigenvalue weighted by atomic mass is 16.5. The molecule has 3 aromatic rings. The first-order valence-electron chi connectivity index (χ1n) is 7.48. The Balaban J connectivity index is 1.89. The summed E-state index contributed by atoms with van der Waals surface area (Å²) in [5, 5.41) is 7.34. The SMILES string of the molecule is CCC(Nc1cc(C)nc(-c2cccnc2)n1)c1noc(C)n1. The average molecular weight is 310 g/mol. The molecule has 0 radical (unpaired) electrons. The summed E-state index contributed by atoms with van der Waals surface area (Å²) in [6, 6.07) is 5.63. The van der Waals surface area contributed by atoms with Crippen LogP contribution in [0.4, 0.5) is 5.82 Å². The highest BCUT2D eigenvalue weighted by Crippen LogP contribution is 2.22. The van der Waals surface area contributed by atoms with Crippen LogP contribution in [0.2, 0.25) is 0 Å². The molecule has 0 bridgehead atoms. The number of nitrogens with one attached hydrogen (secondary N) is 1. The molecule has 3 heterocycles. The van der Waals surface area contributed by atoms with E-state index in [4.69, 9.17) is 4.52 Å². The van der Waals surface area contributed by atoms with Crippen LogP contribution in [0.1, 0.15) is 36.8 Å². The monoisotopic (exact) mass is 310 g/mol. The van der Waals surface area contributed by atoms with Gasteiger partial charge in [0.25, 0.3) is 0 Å². The summed E-state index contributed by atoms with van der Waals surface area (Å²) in [4.78, 5) is 17.5. The molecule has 3 rings (SSSR count). The van der Waals surface area contributed by atoms with Gasteiger partial charge in [-0.3, -0.25) is 4.98 Å². The first-order chi connectivity index (χ1) is 11.2. The second kappa shape index (κ2) is 6.51. The number of rotatable bonds is 5. The lowest BCUT2D eigenvalue weighted by atomic mass is 10.2. The van der Waals surface area contributed by atoms with E-state index < -0.39 is 0 Å². The van der Waals surface area contributed by atoms with Crippen molar-refractivity contribution in [2.24, 2.45) is 0 Å². The van der Waals surface area contributed by atoms with E-state index in [2.05, 4.69) is 37.3 Å². The lowest BCUT2D eigenvalue weighted by Gasteiger charge is -2.15. The van der Waals surface area contributed by atoms with Crippen LogP contribution in [-0.2, 0) is 0 Å². The topological polar surface area (TPSA) is 89.6 Å². The zero-order valence-corrected chi connectivity index (χ0v) is 13.3. The molecule has 0 aliphatic heterocycles. The number of anilines is 1. The molecular formula is C16H18N6O. The fourth-order valence-electron chi connectivity index (χ4n) is 2.25. The van der Waals surface area contributed by atoms with Gasteiger partial charge >= 0.3 is 0 Å². The summed E-state index contributed by atoms with van der Waals surface area (Å²) >= 11 is 0. The average Bonchev–Trinajstić information content (AvgIpc) is 2.99. The Morgan fingerprint density at radius 3 is 2.74 bits per heavy atom. The summed E-state index contributed by atoms with van der Waals surface area (Å²) < 4.78 is 5.06. The molecule has 1 unspecified atom stereocenters. The van der Waals surface area contributed by atoms with Crippen molar-refractivity contribution in [1.82, 2.24) is 25.1 Å². The van der Waals surface area contributed by atoms with Crippen LogP contribution in [0.15, 0.2) is 35.1 Å². The summed E-state index contributed by atoms with van der Waals surface area (Å²) in [7, 11) is 0. The molecule has 0 aliphatic carbocycles. The molecule has 0 aromatic carbocycles. The van der Waals surface area contributed by atoms with E-state index in [0.29, 0.717) is 17.5 Å². The van der Waals surface area contributed by atoms with Gasteiger partial charge in [-0.15, -0.1) is 0 Å². The molecule has 7 heteroatoms. The highest BCUT2D eigenvalue weighted by Gasteiger charge is 2.16. The van der Waals surface area contributed by atoms with Gasteiger partial charge in [0.1, 0.15) is 5.82 Å². The Hall–Kier alpha value is -2.83. The second-order valence-corrected chi connectivity index (χ2v) is 5.24. The van der Waals surface area contributed by atoms with Crippen molar-refractivity contribution >= 4 is 5.82 Å². The van der Waals surface area contributed by atoms with Crippen molar-refractivity contribution in [3.05, 3.63) is 48.0 Å². The van der Waals surface area contributed by atoms with Crippen molar-refractivity contribution in [1.29, 1.82) is 0 Å². The van der Waals surface area contributed by atoms with Crippen LogP contribution in [-0.4, -0.2) is 25.1 Å². The van der Waals surface area contributed by atoms with Crippen LogP contribution < -0.4 is 5.32 Å². The molecule has 0 aliphatic rings. The number of aryl methyl sites for hydroxylation is 2. The fourth-order valence-corrected chi connectivity index (χ4v) is 2.25. The minimum atomic E-state index is -0.0662. The van der Waals surface area contributed by atoms with Crippen LogP contribution in [0.25, 0.3) is 11.4 Å². The van der Waals surface area contributed by atoms with Crippen molar-refractivity contribution < 1.29 is 4.52 Å². The molecule has 1 atom stereocenters. The van der Waals surface area contributed by atoms with Crippen LogP contribution in [0, 0.1) is 13.8 Å². The van der Waals surface area contributed by atoms with Gasteiger partial charge in [-0.2, -0.15) is 4.98 Å². The van der Waals surface area contributed by atoms with E-state index in [-0.39, 0.29) is 6.04 Å². The lowest BCUT2D eigenvalue weighted by Crippen LogP contribution is -2.13. The first kappa shape index (κ1) is 15.1. The summed E-state index contributed by atoms with van der Waals surface area (Å²) in [5.41, 5.74) is 1.75. The van der Waals surface area contributed by atoms with Gasteiger partial charge in [-0.25, -0.2) is 9.97 Å². The van der Waals surface area contributed by atoms with Gasteiger partial charge in [-0.05, 0) is 25.5 Å². The van der Waals surface area contributed by atoms with Crippen LogP contribution in [0.3, 0.4) is 0 Å². The maximum atomic E-state index is 5.06. The smallest absolute Gasteiger partial charge is 0.223 e. The van der Waals surface area contributed by atoms with Gasteiger partial charge in [0.15, 0.2) is 11.6 Å². The quantitative estimate of drug-likeness (QED) is 0.774. The Labute approximate surface area is 134 Å². The van der Waals surface area contributed by atoms with Crippen LogP contribution >= 0.6 is 0 Å². The maximum absolute atomic E-state index is 5.06. The summed E-state index contributed by atoms with van der Waals surface area (Å²) in [6.45, 7) is 5.77. The normalized spacial score (nSPS) is 12.1. The van der Waals surface area contributed by atoms with Crippen molar-refractivity contribution in [3.63, 3.8) is 0 Å². The number of nitrogens with zero attached hydrogens (tertiary/aromatic N) is 5. The molecule has 1 N–H and O–H groups in total. The molecule has 0 saturated carbocycles. The predicted octanol–water partition coefficient (Wildman–Crippen LogP) is 3.10. The minimum Gasteiger partial charge on any atom is -0.360 e. The molecule has 23 heavy (non-hydrogen) atoms. The third-order valence-electron chi connectivity index (χ3n) is 3.36. The van der Waals surface area contributed by atoms with E-state index >= 15 is 0 Å². The number of hydrogen-bond donors (Lipinski definition) is 1. The molecule has 0 spiro atoms. The summed E-state index contributed by atoms with van der Waals surface area (Å²) in [6.07, 6.45) is 4.28. The van der Waals surface area contributed by atoms with Crippen molar-refractivity contribution in [2.75, 3.05) is 5.32 Å². The highest BCUT2D eigenvalue weighted by molar-refractivity contribution is 5.56. The van der Waals surface area contributed by atoms with E-state index in [1.807, 2.05) is 25.1 Å². The molecular weight excluding hydrogens is 292 g/mol. The Bertz CT molecular complexity index is 786. The number of aromatic nitrogens is 5.